The Balaban J connectivity index is 1.45. The lowest BCUT2D eigenvalue weighted by atomic mass is 10.1. The summed E-state index contributed by atoms with van der Waals surface area (Å²) in [5, 5.41) is 0. The van der Waals surface area contributed by atoms with Crippen LogP contribution in [0.25, 0.3) is 0 Å². The molecule has 1 aliphatic carbocycles. The van der Waals surface area contributed by atoms with Crippen LogP contribution in [-0.4, -0.2) is 34.2 Å². The molecule has 1 aliphatic heterocycles. The van der Waals surface area contributed by atoms with Gasteiger partial charge < -0.3 is 14.2 Å². The molecule has 6 heteroatoms. The maximum absolute atomic E-state index is 14.0. The number of halogens is 1. The van der Waals surface area contributed by atoms with Crippen molar-refractivity contribution in [3.05, 3.63) is 59.8 Å². The van der Waals surface area contributed by atoms with E-state index in [9.17, 15) is 14.0 Å². The van der Waals surface area contributed by atoms with Gasteiger partial charge in [0, 0.05) is 31.1 Å². The fourth-order valence-electron chi connectivity index (χ4n) is 3.50. The second-order valence-electron chi connectivity index (χ2n) is 7.04. The van der Waals surface area contributed by atoms with Crippen molar-refractivity contribution in [2.75, 3.05) is 6.54 Å². The second-order valence-corrected chi connectivity index (χ2v) is 7.04. The van der Waals surface area contributed by atoms with Crippen molar-refractivity contribution in [2.45, 2.75) is 38.4 Å². The van der Waals surface area contributed by atoms with Gasteiger partial charge in [-0.2, -0.15) is 0 Å². The van der Waals surface area contributed by atoms with Crippen LogP contribution in [0, 0.1) is 11.7 Å². The van der Waals surface area contributed by atoms with Crippen LogP contribution in [0.1, 0.15) is 30.6 Å². The molecule has 1 aromatic heterocycles. The summed E-state index contributed by atoms with van der Waals surface area (Å²) in [7, 11) is 0. The summed E-state index contributed by atoms with van der Waals surface area (Å²) >= 11 is 0. The fourth-order valence-corrected chi connectivity index (χ4v) is 3.50. The predicted molar refractivity (Wildman–Crippen MR) is 92.2 cm³/mol. The number of amides is 2. The minimum atomic E-state index is -0.371. The molecule has 5 nitrogen and oxygen atoms in total. The SMILES string of the molecule is O=C1CC(C(=O)N(Cc2ccccc2F)C2CC2)CN1Cc1ccco1. The number of carbonyl (C=O) groups is 2. The highest BCUT2D eigenvalue weighted by atomic mass is 19.1. The molecule has 136 valence electrons. The molecule has 0 bridgehead atoms. The highest BCUT2D eigenvalue weighted by Gasteiger charge is 2.41. The van der Waals surface area contributed by atoms with E-state index in [-0.39, 0.29) is 42.6 Å². The highest BCUT2D eigenvalue weighted by molar-refractivity contribution is 5.89. The average Bonchev–Trinajstić information content (AvgIpc) is 3.22. The Morgan fingerprint density at radius 3 is 2.73 bits per heavy atom. The van der Waals surface area contributed by atoms with Crippen LogP contribution < -0.4 is 0 Å². The van der Waals surface area contributed by atoms with Crippen molar-refractivity contribution < 1.29 is 18.4 Å². The van der Waals surface area contributed by atoms with E-state index in [0.29, 0.717) is 24.4 Å². The Morgan fingerprint density at radius 2 is 2.04 bits per heavy atom. The van der Waals surface area contributed by atoms with Gasteiger partial charge in [0.15, 0.2) is 0 Å². The molecule has 2 aromatic rings. The van der Waals surface area contributed by atoms with Crippen molar-refractivity contribution in [1.29, 1.82) is 0 Å². The molecule has 1 atom stereocenters. The monoisotopic (exact) mass is 356 g/mol. The maximum atomic E-state index is 14.0. The van der Waals surface area contributed by atoms with E-state index in [1.165, 1.54) is 6.07 Å². The zero-order valence-corrected chi connectivity index (χ0v) is 14.4. The molecule has 0 spiro atoms. The van der Waals surface area contributed by atoms with Gasteiger partial charge in [0.25, 0.3) is 0 Å². The van der Waals surface area contributed by atoms with Crippen LogP contribution in [0.3, 0.4) is 0 Å². The van der Waals surface area contributed by atoms with Gasteiger partial charge in [0.1, 0.15) is 11.6 Å². The number of nitrogens with zero attached hydrogens (tertiary/aromatic N) is 2. The summed E-state index contributed by atoms with van der Waals surface area (Å²) in [6.07, 6.45) is 3.66. The van der Waals surface area contributed by atoms with E-state index in [2.05, 4.69) is 0 Å². The smallest absolute Gasteiger partial charge is 0.228 e. The van der Waals surface area contributed by atoms with Crippen LogP contribution in [0.5, 0.6) is 0 Å². The van der Waals surface area contributed by atoms with E-state index >= 15 is 0 Å². The lowest BCUT2D eigenvalue weighted by Gasteiger charge is -2.26. The van der Waals surface area contributed by atoms with Gasteiger partial charge in [0.05, 0.1) is 18.7 Å². The number of rotatable bonds is 6. The zero-order chi connectivity index (χ0) is 18.1. The third-order valence-corrected chi connectivity index (χ3v) is 5.06. The quantitative estimate of drug-likeness (QED) is 0.800. The fraction of sp³-hybridized carbons (Fsp3) is 0.400. The topological polar surface area (TPSA) is 53.8 Å². The molecule has 2 aliphatic rings. The minimum absolute atomic E-state index is 0.0404. The molecule has 26 heavy (non-hydrogen) atoms. The number of furan rings is 1. The van der Waals surface area contributed by atoms with Crippen molar-refractivity contribution in [2.24, 2.45) is 5.92 Å². The number of benzene rings is 1. The summed E-state index contributed by atoms with van der Waals surface area (Å²) in [4.78, 5) is 28.7. The van der Waals surface area contributed by atoms with E-state index in [1.54, 1.807) is 40.3 Å². The first-order chi connectivity index (χ1) is 12.6. The third-order valence-electron chi connectivity index (χ3n) is 5.06. The molecule has 1 unspecified atom stereocenters. The number of likely N-dealkylation sites (tertiary alicyclic amines) is 1. The highest BCUT2D eigenvalue weighted by Crippen LogP contribution is 2.32. The summed E-state index contributed by atoms with van der Waals surface area (Å²) in [5.74, 6) is -0.0537. The van der Waals surface area contributed by atoms with Gasteiger partial charge in [-0.25, -0.2) is 4.39 Å². The average molecular weight is 356 g/mol. The molecule has 1 aromatic carbocycles. The molecule has 1 saturated heterocycles. The van der Waals surface area contributed by atoms with Crippen molar-refractivity contribution in [1.82, 2.24) is 9.80 Å². The molecule has 2 fully saturated rings. The summed E-state index contributed by atoms with van der Waals surface area (Å²) in [6.45, 7) is 1.03. The van der Waals surface area contributed by atoms with Gasteiger partial charge in [-0.3, -0.25) is 9.59 Å². The first-order valence-corrected chi connectivity index (χ1v) is 8.96. The largest absolute Gasteiger partial charge is 0.467 e. The van der Waals surface area contributed by atoms with Crippen LogP contribution in [0.15, 0.2) is 47.1 Å². The van der Waals surface area contributed by atoms with Crippen molar-refractivity contribution in [3.63, 3.8) is 0 Å². The van der Waals surface area contributed by atoms with Crippen molar-refractivity contribution >= 4 is 11.8 Å². The van der Waals surface area contributed by atoms with Crippen LogP contribution in [0.2, 0.25) is 0 Å². The molecule has 0 radical (unpaired) electrons. The Kier molecular flexibility index (Phi) is 4.49. The van der Waals surface area contributed by atoms with Crippen LogP contribution in [0.4, 0.5) is 4.39 Å². The number of hydrogen-bond donors (Lipinski definition) is 0. The first kappa shape index (κ1) is 16.8. The molecular formula is C20H21FN2O3. The van der Waals surface area contributed by atoms with E-state index in [4.69, 9.17) is 4.42 Å². The molecule has 4 rings (SSSR count). The normalized spacial score (nSPS) is 19.8. The lowest BCUT2D eigenvalue weighted by molar-refractivity contribution is -0.137. The minimum Gasteiger partial charge on any atom is -0.467 e. The molecule has 1 saturated carbocycles. The Hall–Kier alpha value is -2.63. The number of carbonyl (C=O) groups excluding carboxylic acids is 2. The Bertz CT molecular complexity index is 801. The standard InChI is InChI=1S/C20H21FN2O3/c21-18-6-2-1-4-14(18)12-23(16-7-8-16)20(25)15-10-19(24)22(11-15)13-17-5-3-9-26-17/h1-6,9,15-16H,7-8,10-13H2. The second kappa shape index (κ2) is 6.94. The van der Waals surface area contributed by atoms with Crippen LogP contribution in [-0.2, 0) is 22.7 Å². The van der Waals surface area contributed by atoms with E-state index in [0.717, 1.165) is 12.8 Å². The van der Waals surface area contributed by atoms with Gasteiger partial charge in [-0.05, 0) is 31.0 Å². The Morgan fingerprint density at radius 1 is 1.23 bits per heavy atom. The number of hydrogen-bond acceptors (Lipinski definition) is 3. The molecule has 2 heterocycles. The summed E-state index contributed by atoms with van der Waals surface area (Å²) < 4.78 is 19.3. The van der Waals surface area contributed by atoms with Gasteiger partial charge in [-0.15, -0.1) is 0 Å². The molecule has 0 N–H and O–H groups in total. The van der Waals surface area contributed by atoms with Gasteiger partial charge in [0.2, 0.25) is 11.8 Å². The van der Waals surface area contributed by atoms with E-state index < -0.39 is 0 Å². The predicted octanol–water partition coefficient (Wildman–Crippen LogP) is 2.96. The van der Waals surface area contributed by atoms with Gasteiger partial charge in [-0.1, -0.05) is 18.2 Å². The van der Waals surface area contributed by atoms with Crippen LogP contribution >= 0.6 is 0 Å². The lowest BCUT2D eigenvalue weighted by Crippen LogP contribution is -2.38. The van der Waals surface area contributed by atoms with Gasteiger partial charge >= 0.3 is 0 Å². The first-order valence-electron chi connectivity index (χ1n) is 8.96. The zero-order valence-electron chi connectivity index (χ0n) is 14.4. The molecule has 2 amide bonds. The third kappa shape index (κ3) is 3.49. The van der Waals surface area contributed by atoms with E-state index in [1.807, 2.05) is 6.07 Å². The summed E-state index contributed by atoms with van der Waals surface area (Å²) in [6, 6.07) is 10.3. The molecular weight excluding hydrogens is 335 g/mol. The maximum Gasteiger partial charge on any atom is 0.228 e. The summed E-state index contributed by atoms with van der Waals surface area (Å²) in [5.41, 5.74) is 0.518. The Labute approximate surface area is 151 Å². The van der Waals surface area contributed by atoms with Crippen molar-refractivity contribution in [3.8, 4) is 0 Å².